The molecule has 0 aromatic heterocycles. The van der Waals surface area contributed by atoms with Crippen molar-refractivity contribution >= 4 is 23.4 Å². The van der Waals surface area contributed by atoms with Gasteiger partial charge in [-0.2, -0.15) is 0 Å². The van der Waals surface area contributed by atoms with E-state index >= 15 is 0 Å². The smallest absolute Gasteiger partial charge is 0.234 e. The number of fused-ring (bicyclic) bond motifs is 3. The minimum absolute atomic E-state index is 0.0675. The molecule has 0 spiro atoms. The standard InChI is InChI=1S/C37H31NO6/c1-21-16-31(40)34-29(35(21)41)18-28-25(14-15-27-33(28)37(43)38(36(27)42)19-22-8-4-2-5-9-22)32(34)26-13-12-24(17-30(26)39)44-20-23-10-6-3-7-11-23/h2-14,16-17,27-28,32-33,39H,15,18-20H2,1H3/t27-,28+,32+,33-/m0/s1. The second kappa shape index (κ2) is 10.9. The van der Waals surface area contributed by atoms with Crippen LogP contribution in [0.15, 0.2) is 113 Å². The Bertz CT molecular complexity index is 1800. The number of phenols is 1. The zero-order chi connectivity index (χ0) is 30.5. The predicted molar refractivity (Wildman–Crippen MR) is 162 cm³/mol. The number of carbonyl (C=O) groups is 4. The molecule has 7 rings (SSSR count). The maximum absolute atomic E-state index is 14.0. The monoisotopic (exact) mass is 585 g/mol. The third kappa shape index (κ3) is 4.60. The molecular weight excluding hydrogens is 554 g/mol. The molecule has 0 bridgehead atoms. The number of likely N-dealkylation sites (tertiary alicyclic amines) is 1. The largest absolute Gasteiger partial charge is 0.507 e. The lowest BCUT2D eigenvalue weighted by Gasteiger charge is -2.42. The Morgan fingerprint density at radius 1 is 0.864 bits per heavy atom. The summed E-state index contributed by atoms with van der Waals surface area (Å²) in [4.78, 5) is 55.9. The molecule has 0 radical (unpaired) electrons. The van der Waals surface area contributed by atoms with Crippen LogP contribution in [-0.2, 0) is 32.3 Å². The first-order valence-electron chi connectivity index (χ1n) is 14.9. The summed E-state index contributed by atoms with van der Waals surface area (Å²) >= 11 is 0. The lowest BCUT2D eigenvalue weighted by molar-refractivity contribution is -0.140. The van der Waals surface area contributed by atoms with Crippen molar-refractivity contribution in [1.29, 1.82) is 0 Å². The van der Waals surface area contributed by atoms with Gasteiger partial charge >= 0.3 is 0 Å². The molecule has 3 aliphatic carbocycles. The second-order valence-electron chi connectivity index (χ2n) is 12.0. The molecule has 0 unspecified atom stereocenters. The molecule has 4 aliphatic rings. The summed E-state index contributed by atoms with van der Waals surface area (Å²) in [7, 11) is 0. The lowest BCUT2D eigenvalue weighted by atomic mass is 9.59. The van der Waals surface area contributed by atoms with Crippen LogP contribution < -0.4 is 4.74 Å². The summed E-state index contributed by atoms with van der Waals surface area (Å²) in [6.07, 6.45) is 3.87. The maximum atomic E-state index is 14.0. The Hall–Kier alpha value is -5.04. The number of nitrogens with zero attached hydrogens (tertiary/aromatic N) is 1. The molecule has 1 N–H and O–H groups in total. The third-order valence-corrected chi connectivity index (χ3v) is 9.40. The fourth-order valence-corrected chi connectivity index (χ4v) is 7.32. The summed E-state index contributed by atoms with van der Waals surface area (Å²) in [5.41, 5.74) is 4.16. The minimum Gasteiger partial charge on any atom is -0.507 e. The van der Waals surface area contributed by atoms with E-state index in [1.54, 1.807) is 19.1 Å². The fraction of sp³-hybridized carbons (Fsp3) is 0.243. The number of ketones is 2. The number of Topliss-reactive ketones (excluding diaryl/α,β-unsaturated/α-hetero) is 1. The van der Waals surface area contributed by atoms with Crippen LogP contribution in [0.2, 0.25) is 0 Å². The molecule has 3 aromatic carbocycles. The average molecular weight is 586 g/mol. The van der Waals surface area contributed by atoms with Gasteiger partial charge in [-0.15, -0.1) is 0 Å². The van der Waals surface area contributed by atoms with Crippen molar-refractivity contribution < 1.29 is 29.0 Å². The van der Waals surface area contributed by atoms with Crippen LogP contribution in [0.1, 0.15) is 42.4 Å². The average Bonchev–Trinajstić information content (AvgIpc) is 3.28. The van der Waals surface area contributed by atoms with Crippen LogP contribution >= 0.6 is 0 Å². The summed E-state index contributed by atoms with van der Waals surface area (Å²) in [6.45, 7) is 2.13. The molecule has 1 saturated heterocycles. The molecule has 220 valence electrons. The highest BCUT2D eigenvalue weighted by Crippen LogP contribution is 2.56. The lowest BCUT2D eigenvalue weighted by Crippen LogP contribution is -2.39. The molecule has 1 heterocycles. The van der Waals surface area contributed by atoms with E-state index in [1.165, 1.54) is 17.0 Å². The molecule has 3 aromatic rings. The van der Waals surface area contributed by atoms with Crippen LogP contribution in [-0.4, -0.2) is 33.4 Å². The van der Waals surface area contributed by atoms with E-state index in [9.17, 15) is 24.3 Å². The number of hydrogen-bond donors (Lipinski definition) is 1. The number of ether oxygens (including phenoxy) is 1. The first kappa shape index (κ1) is 27.8. The molecule has 44 heavy (non-hydrogen) atoms. The number of phenolic OH excluding ortho intramolecular Hbond substituents is 1. The Morgan fingerprint density at radius 3 is 2.27 bits per heavy atom. The van der Waals surface area contributed by atoms with Gasteiger partial charge in [0.2, 0.25) is 11.8 Å². The Labute approximate surface area is 255 Å². The van der Waals surface area contributed by atoms with E-state index < -0.39 is 23.7 Å². The van der Waals surface area contributed by atoms with Crippen molar-refractivity contribution in [2.45, 2.75) is 38.8 Å². The SMILES string of the molecule is CC1=CC(=O)C2=C(C[C@@H]3C(=CC[C@@H]4C(=O)N(Cc5ccccc5)C(=O)[C@@H]43)[C@@H]2c2ccc(OCc3ccccc3)cc2O)C1=O. The van der Waals surface area contributed by atoms with Gasteiger partial charge in [0.1, 0.15) is 18.1 Å². The minimum atomic E-state index is -0.722. The maximum Gasteiger partial charge on any atom is 0.234 e. The molecule has 7 heteroatoms. The molecule has 2 amide bonds. The zero-order valence-corrected chi connectivity index (χ0v) is 24.2. The molecule has 0 saturated carbocycles. The Morgan fingerprint density at radius 2 is 1.57 bits per heavy atom. The summed E-state index contributed by atoms with van der Waals surface area (Å²) in [5, 5.41) is 11.3. The fourth-order valence-electron chi connectivity index (χ4n) is 7.32. The van der Waals surface area contributed by atoms with E-state index in [4.69, 9.17) is 4.74 Å². The van der Waals surface area contributed by atoms with Gasteiger partial charge in [-0.25, -0.2) is 0 Å². The van der Waals surface area contributed by atoms with Gasteiger partial charge in [-0.3, -0.25) is 24.1 Å². The van der Waals surface area contributed by atoms with Crippen LogP contribution in [0.25, 0.3) is 0 Å². The highest BCUT2D eigenvalue weighted by molar-refractivity contribution is 6.23. The van der Waals surface area contributed by atoms with Gasteiger partial charge in [0.15, 0.2) is 11.6 Å². The van der Waals surface area contributed by atoms with Crippen molar-refractivity contribution in [3.63, 3.8) is 0 Å². The number of benzene rings is 3. The Kier molecular flexibility index (Phi) is 6.88. The van der Waals surface area contributed by atoms with E-state index in [1.807, 2.05) is 66.7 Å². The quantitative estimate of drug-likeness (QED) is 0.230. The molecule has 7 nitrogen and oxygen atoms in total. The highest BCUT2D eigenvalue weighted by Gasteiger charge is 2.56. The van der Waals surface area contributed by atoms with Crippen molar-refractivity contribution in [3.8, 4) is 11.5 Å². The van der Waals surface area contributed by atoms with Gasteiger partial charge in [-0.1, -0.05) is 78.4 Å². The van der Waals surface area contributed by atoms with Crippen molar-refractivity contribution in [2.75, 3.05) is 0 Å². The van der Waals surface area contributed by atoms with Crippen LogP contribution in [0.3, 0.4) is 0 Å². The predicted octanol–water partition coefficient (Wildman–Crippen LogP) is 5.60. The van der Waals surface area contributed by atoms with Crippen molar-refractivity contribution in [2.24, 2.45) is 17.8 Å². The van der Waals surface area contributed by atoms with Gasteiger partial charge in [0, 0.05) is 34.3 Å². The van der Waals surface area contributed by atoms with E-state index in [0.29, 0.717) is 41.1 Å². The number of allylic oxidation sites excluding steroid dienone is 6. The summed E-state index contributed by atoms with van der Waals surface area (Å²) < 4.78 is 5.92. The number of aromatic hydroxyl groups is 1. The van der Waals surface area contributed by atoms with Gasteiger partial charge in [-0.05, 0) is 49.0 Å². The van der Waals surface area contributed by atoms with Gasteiger partial charge in [0.25, 0.3) is 0 Å². The van der Waals surface area contributed by atoms with Crippen molar-refractivity contribution in [3.05, 3.63) is 130 Å². The van der Waals surface area contributed by atoms with E-state index in [2.05, 4.69) is 0 Å². The van der Waals surface area contributed by atoms with Crippen LogP contribution in [0, 0.1) is 17.8 Å². The van der Waals surface area contributed by atoms with Crippen molar-refractivity contribution in [1.82, 2.24) is 4.90 Å². The first-order valence-corrected chi connectivity index (χ1v) is 14.9. The zero-order valence-electron chi connectivity index (χ0n) is 24.2. The molecule has 1 fully saturated rings. The Balaban J connectivity index is 1.26. The van der Waals surface area contributed by atoms with Gasteiger partial charge < -0.3 is 9.84 Å². The van der Waals surface area contributed by atoms with E-state index in [0.717, 1.165) is 16.7 Å². The summed E-state index contributed by atoms with van der Waals surface area (Å²) in [6, 6.07) is 24.1. The molecule has 1 aliphatic heterocycles. The van der Waals surface area contributed by atoms with Crippen LogP contribution in [0.5, 0.6) is 11.5 Å². The number of carbonyl (C=O) groups excluding carboxylic acids is 4. The van der Waals surface area contributed by atoms with E-state index in [-0.39, 0.29) is 42.1 Å². The highest BCUT2D eigenvalue weighted by atomic mass is 16.5. The molecule has 4 atom stereocenters. The van der Waals surface area contributed by atoms with Gasteiger partial charge in [0.05, 0.1) is 18.4 Å². The number of imide groups is 1. The number of rotatable bonds is 6. The topological polar surface area (TPSA) is 101 Å². The van der Waals surface area contributed by atoms with Crippen LogP contribution in [0.4, 0.5) is 0 Å². The second-order valence-corrected chi connectivity index (χ2v) is 12.0. The number of hydrogen-bond acceptors (Lipinski definition) is 6. The molecular formula is C37H31NO6. The number of amides is 2. The summed E-state index contributed by atoms with van der Waals surface area (Å²) in [5.74, 6) is -2.92. The normalized spacial score (nSPS) is 24.4. The third-order valence-electron chi connectivity index (χ3n) is 9.40. The first-order chi connectivity index (χ1) is 21.3.